The first-order valence-corrected chi connectivity index (χ1v) is 8.26. The van der Waals surface area contributed by atoms with E-state index >= 15 is 0 Å². The highest BCUT2D eigenvalue weighted by Crippen LogP contribution is 2.18. The maximum Gasteiger partial charge on any atom is 0.276 e. The minimum atomic E-state index is 0. The van der Waals surface area contributed by atoms with E-state index in [2.05, 4.69) is 15.6 Å². The van der Waals surface area contributed by atoms with Crippen LogP contribution in [0.15, 0.2) is 6.20 Å². The fraction of sp³-hybridized carbons (Fsp3) is 0.800. The molecule has 0 atom stereocenters. The number of carbonyl (C=O) groups excluding carboxylic acids is 1. The summed E-state index contributed by atoms with van der Waals surface area (Å²) >= 11 is 0. The molecule has 0 spiro atoms. The van der Waals surface area contributed by atoms with Gasteiger partial charge in [0, 0.05) is 13.1 Å². The Bertz CT molecular complexity index is 464. The molecule has 3 heterocycles. The Morgan fingerprint density at radius 1 is 1.09 bits per heavy atom. The second-order valence-corrected chi connectivity index (χ2v) is 6.12. The van der Waals surface area contributed by atoms with Gasteiger partial charge in [0.1, 0.15) is 0 Å². The number of hydrogen-bond acceptors (Lipinski definition) is 4. The van der Waals surface area contributed by atoms with Crippen molar-refractivity contribution in [3.05, 3.63) is 11.9 Å². The third-order valence-corrected chi connectivity index (χ3v) is 4.56. The van der Waals surface area contributed by atoms with Crippen LogP contribution in [0.5, 0.6) is 0 Å². The van der Waals surface area contributed by atoms with Gasteiger partial charge in [-0.2, -0.15) is 0 Å². The zero-order chi connectivity index (χ0) is 14.5. The summed E-state index contributed by atoms with van der Waals surface area (Å²) in [5.41, 5.74) is 0.508. The number of carbonyl (C=O) groups is 1. The lowest BCUT2D eigenvalue weighted by molar-refractivity contribution is 0.0736. The summed E-state index contributed by atoms with van der Waals surface area (Å²) in [6, 6.07) is 0.382. The van der Waals surface area contributed by atoms with E-state index in [0.717, 1.165) is 51.9 Å². The molecule has 1 aromatic heterocycles. The van der Waals surface area contributed by atoms with Crippen LogP contribution in [0.3, 0.4) is 0 Å². The first kappa shape index (κ1) is 17.2. The van der Waals surface area contributed by atoms with Crippen LogP contribution >= 0.6 is 12.4 Å². The minimum absolute atomic E-state index is 0. The number of rotatable bonds is 2. The maximum atomic E-state index is 12.6. The fourth-order valence-electron chi connectivity index (χ4n) is 3.24. The van der Waals surface area contributed by atoms with Crippen LogP contribution in [0, 0.1) is 0 Å². The second kappa shape index (κ2) is 8.48. The van der Waals surface area contributed by atoms with E-state index in [9.17, 15) is 4.79 Å². The third-order valence-electron chi connectivity index (χ3n) is 4.56. The summed E-state index contributed by atoms with van der Waals surface area (Å²) in [5.74, 6) is 0.0529. The number of amides is 1. The highest BCUT2D eigenvalue weighted by atomic mass is 35.5. The largest absolute Gasteiger partial charge is 0.337 e. The fourth-order valence-corrected chi connectivity index (χ4v) is 3.24. The molecule has 1 amide bonds. The second-order valence-electron chi connectivity index (χ2n) is 6.12. The molecule has 7 heteroatoms. The van der Waals surface area contributed by atoms with Crippen molar-refractivity contribution in [1.82, 2.24) is 25.2 Å². The monoisotopic (exact) mass is 327 g/mol. The molecular formula is C15H26ClN5O. The molecule has 22 heavy (non-hydrogen) atoms. The van der Waals surface area contributed by atoms with Gasteiger partial charge in [0.2, 0.25) is 0 Å². The van der Waals surface area contributed by atoms with E-state index in [0.29, 0.717) is 11.7 Å². The molecule has 124 valence electrons. The summed E-state index contributed by atoms with van der Waals surface area (Å²) in [7, 11) is 0. The molecule has 3 rings (SSSR count). The van der Waals surface area contributed by atoms with Gasteiger partial charge in [0.05, 0.1) is 12.2 Å². The molecule has 1 aromatic rings. The van der Waals surface area contributed by atoms with Crippen LogP contribution in [0.1, 0.15) is 61.5 Å². The number of hydrogen-bond donors (Lipinski definition) is 1. The quantitative estimate of drug-likeness (QED) is 0.902. The topological polar surface area (TPSA) is 63.1 Å². The molecule has 0 aliphatic carbocycles. The highest BCUT2D eigenvalue weighted by molar-refractivity contribution is 5.91. The van der Waals surface area contributed by atoms with Crippen molar-refractivity contribution in [2.75, 3.05) is 26.2 Å². The molecule has 6 nitrogen and oxygen atoms in total. The lowest BCUT2D eigenvalue weighted by Crippen LogP contribution is -2.34. The smallest absolute Gasteiger partial charge is 0.276 e. The van der Waals surface area contributed by atoms with E-state index in [-0.39, 0.29) is 18.3 Å². The van der Waals surface area contributed by atoms with E-state index < -0.39 is 0 Å². The Kier molecular flexibility index (Phi) is 6.64. The summed E-state index contributed by atoms with van der Waals surface area (Å²) in [5, 5.41) is 11.7. The molecule has 2 aliphatic rings. The maximum absolute atomic E-state index is 12.6. The van der Waals surface area contributed by atoms with Crippen molar-refractivity contribution in [2.24, 2.45) is 0 Å². The van der Waals surface area contributed by atoms with Crippen LogP contribution in [0.2, 0.25) is 0 Å². The van der Waals surface area contributed by atoms with Crippen LogP contribution in [0.4, 0.5) is 0 Å². The molecule has 2 aliphatic heterocycles. The van der Waals surface area contributed by atoms with E-state index in [1.54, 1.807) is 0 Å². The number of nitrogens with one attached hydrogen (secondary N) is 1. The first-order valence-electron chi connectivity index (χ1n) is 8.26. The number of piperidine rings is 1. The number of likely N-dealkylation sites (tertiary alicyclic amines) is 1. The third kappa shape index (κ3) is 4.20. The number of halogens is 1. The molecule has 0 aromatic carbocycles. The van der Waals surface area contributed by atoms with Crippen molar-refractivity contribution in [2.45, 2.75) is 51.0 Å². The van der Waals surface area contributed by atoms with Gasteiger partial charge in [0.15, 0.2) is 5.69 Å². The summed E-state index contributed by atoms with van der Waals surface area (Å²) < 4.78 is 1.89. The van der Waals surface area contributed by atoms with Crippen molar-refractivity contribution in [1.29, 1.82) is 0 Å². The average Bonchev–Trinajstić information content (AvgIpc) is 2.97. The van der Waals surface area contributed by atoms with Crippen LogP contribution in [-0.2, 0) is 0 Å². The summed E-state index contributed by atoms with van der Waals surface area (Å²) in [4.78, 5) is 14.5. The Labute approximate surface area is 138 Å². The van der Waals surface area contributed by atoms with Gasteiger partial charge in [-0.3, -0.25) is 4.79 Å². The molecule has 0 unspecified atom stereocenters. The Balaban J connectivity index is 0.00000176. The predicted molar refractivity (Wildman–Crippen MR) is 87.4 cm³/mol. The molecule has 0 radical (unpaired) electrons. The molecule has 2 saturated heterocycles. The Morgan fingerprint density at radius 2 is 1.73 bits per heavy atom. The molecule has 0 bridgehead atoms. The van der Waals surface area contributed by atoms with Crippen molar-refractivity contribution < 1.29 is 4.79 Å². The normalized spacial score (nSPS) is 20.8. The van der Waals surface area contributed by atoms with Gasteiger partial charge in [0.25, 0.3) is 5.91 Å². The molecular weight excluding hydrogens is 302 g/mol. The van der Waals surface area contributed by atoms with Crippen molar-refractivity contribution >= 4 is 18.3 Å². The van der Waals surface area contributed by atoms with Gasteiger partial charge >= 0.3 is 0 Å². The average molecular weight is 328 g/mol. The Morgan fingerprint density at radius 3 is 2.41 bits per heavy atom. The van der Waals surface area contributed by atoms with Crippen LogP contribution in [-0.4, -0.2) is 52.0 Å². The van der Waals surface area contributed by atoms with E-state index in [1.165, 1.54) is 19.3 Å². The van der Waals surface area contributed by atoms with Crippen LogP contribution < -0.4 is 5.32 Å². The lowest BCUT2D eigenvalue weighted by Gasteiger charge is -2.24. The molecule has 2 fully saturated rings. The zero-order valence-corrected chi connectivity index (χ0v) is 13.9. The van der Waals surface area contributed by atoms with E-state index in [1.807, 2.05) is 15.8 Å². The summed E-state index contributed by atoms with van der Waals surface area (Å²) in [6.45, 7) is 3.75. The Hall–Kier alpha value is -1.14. The molecule has 0 saturated carbocycles. The predicted octanol–water partition coefficient (Wildman–Crippen LogP) is 2.03. The van der Waals surface area contributed by atoms with Crippen LogP contribution in [0.25, 0.3) is 0 Å². The number of aromatic nitrogens is 3. The lowest BCUT2D eigenvalue weighted by atomic mass is 10.1. The standard InChI is InChI=1S/C15H25N5O.ClH/c21-15(19-10-4-2-1-3-5-11-19)14-12-20(18-17-14)13-6-8-16-9-7-13;/h12-13,16H,1-11H2;1H. The van der Waals surface area contributed by atoms with Gasteiger partial charge in [-0.15, -0.1) is 17.5 Å². The molecule has 1 N–H and O–H groups in total. The highest BCUT2D eigenvalue weighted by Gasteiger charge is 2.22. The minimum Gasteiger partial charge on any atom is -0.337 e. The van der Waals surface area contributed by atoms with Gasteiger partial charge < -0.3 is 10.2 Å². The van der Waals surface area contributed by atoms with Gasteiger partial charge in [-0.25, -0.2) is 4.68 Å². The summed E-state index contributed by atoms with van der Waals surface area (Å²) in [6.07, 6.45) is 9.92. The SMILES string of the molecule is Cl.O=C(c1cn(C2CCNCC2)nn1)N1CCCCCCC1. The van der Waals surface area contributed by atoms with Gasteiger partial charge in [-0.1, -0.05) is 24.5 Å². The van der Waals surface area contributed by atoms with Crippen molar-refractivity contribution in [3.63, 3.8) is 0 Å². The first-order chi connectivity index (χ1) is 10.3. The zero-order valence-electron chi connectivity index (χ0n) is 13.0. The van der Waals surface area contributed by atoms with E-state index in [4.69, 9.17) is 0 Å². The number of nitrogens with zero attached hydrogens (tertiary/aromatic N) is 4. The van der Waals surface area contributed by atoms with Gasteiger partial charge in [-0.05, 0) is 38.8 Å². The van der Waals surface area contributed by atoms with Crippen molar-refractivity contribution in [3.8, 4) is 0 Å².